The highest BCUT2D eigenvalue weighted by Gasteiger charge is 2.38. The highest BCUT2D eigenvalue weighted by molar-refractivity contribution is 6.02. The lowest BCUT2D eigenvalue weighted by Gasteiger charge is -2.34. The molecule has 2 aliphatic rings. The molecule has 2 amide bonds. The van der Waals surface area contributed by atoms with E-state index in [1.165, 1.54) is 0 Å². The summed E-state index contributed by atoms with van der Waals surface area (Å²) in [4.78, 5) is 41.1. The third-order valence-corrected chi connectivity index (χ3v) is 5.92. The van der Waals surface area contributed by atoms with Crippen molar-refractivity contribution in [2.45, 2.75) is 52.5 Å². The van der Waals surface area contributed by atoms with E-state index < -0.39 is 0 Å². The van der Waals surface area contributed by atoms with Crippen molar-refractivity contribution in [3.63, 3.8) is 0 Å². The minimum atomic E-state index is -0.338. The molecule has 0 aromatic heterocycles. The van der Waals surface area contributed by atoms with Crippen LogP contribution < -0.4 is 0 Å². The van der Waals surface area contributed by atoms with E-state index in [0.717, 1.165) is 24.0 Å². The molecule has 3 rings (SSSR count). The Morgan fingerprint density at radius 3 is 2.27 bits per heavy atom. The van der Waals surface area contributed by atoms with E-state index in [1.54, 1.807) is 16.7 Å². The fourth-order valence-electron chi connectivity index (χ4n) is 4.07. The summed E-state index contributed by atoms with van der Waals surface area (Å²) in [5.74, 6) is 0.145. The predicted octanol–water partition coefficient (Wildman–Crippen LogP) is 2.74. The molecule has 1 atom stereocenters. The molecular formula is C21H28N2O3. The van der Waals surface area contributed by atoms with Crippen molar-refractivity contribution in [3.8, 4) is 0 Å². The van der Waals surface area contributed by atoms with Gasteiger partial charge in [0, 0.05) is 38.0 Å². The molecule has 140 valence electrons. The molecule has 5 nitrogen and oxygen atoms in total. The minimum Gasteiger partial charge on any atom is -0.343 e. The average molecular weight is 356 g/mol. The van der Waals surface area contributed by atoms with Crippen molar-refractivity contribution in [2.75, 3.05) is 19.6 Å². The molecule has 0 bridgehead atoms. The third-order valence-electron chi connectivity index (χ3n) is 5.92. The summed E-state index contributed by atoms with van der Waals surface area (Å²) in [6, 6.07) is 5.44. The Balaban J connectivity index is 1.69. The number of Topliss-reactive ketones (excluding diaryl/α,β-unsaturated/α-hetero) is 1. The number of aryl methyl sites for hydroxylation is 2. The van der Waals surface area contributed by atoms with Crippen LogP contribution in [0.2, 0.25) is 0 Å². The van der Waals surface area contributed by atoms with Crippen LogP contribution in [-0.4, -0.2) is 53.1 Å². The molecule has 2 heterocycles. The van der Waals surface area contributed by atoms with E-state index in [-0.39, 0.29) is 29.6 Å². The molecule has 1 unspecified atom stereocenters. The largest absolute Gasteiger partial charge is 0.343 e. The van der Waals surface area contributed by atoms with Gasteiger partial charge in [0.15, 0.2) is 5.78 Å². The van der Waals surface area contributed by atoms with Gasteiger partial charge in [0.05, 0.1) is 6.04 Å². The van der Waals surface area contributed by atoms with Crippen LogP contribution >= 0.6 is 0 Å². The van der Waals surface area contributed by atoms with E-state index in [0.29, 0.717) is 38.0 Å². The second-order valence-electron chi connectivity index (χ2n) is 7.63. The Morgan fingerprint density at radius 2 is 1.65 bits per heavy atom. The minimum absolute atomic E-state index is 0.0557. The van der Waals surface area contributed by atoms with Crippen molar-refractivity contribution in [2.24, 2.45) is 5.92 Å². The van der Waals surface area contributed by atoms with Crippen LogP contribution in [0.1, 0.15) is 54.1 Å². The van der Waals surface area contributed by atoms with E-state index >= 15 is 0 Å². The number of piperidine rings is 1. The summed E-state index contributed by atoms with van der Waals surface area (Å²) < 4.78 is 0. The maximum absolute atomic E-state index is 13.0. The van der Waals surface area contributed by atoms with Crippen LogP contribution in [0.5, 0.6) is 0 Å². The van der Waals surface area contributed by atoms with Gasteiger partial charge in [0.1, 0.15) is 0 Å². The zero-order valence-electron chi connectivity index (χ0n) is 16.0. The summed E-state index contributed by atoms with van der Waals surface area (Å²) in [5, 5.41) is 0. The summed E-state index contributed by atoms with van der Waals surface area (Å²) in [6.45, 7) is 7.54. The first-order valence-electron chi connectivity index (χ1n) is 9.56. The monoisotopic (exact) mass is 356 g/mol. The fourth-order valence-corrected chi connectivity index (χ4v) is 4.07. The van der Waals surface area contributed by atoms with Gasteiger partial charge >= 0.3 is 0 Å². The van der Waals surface area contributed by atoms with Gasteiger partial charge in [-0.3, -0.25) is 14.4 Å². The molecule has 2 aliphatic heterocycles. The summed E-state index contributed by atoms with van der Waals surface area (Å²) in [7, 11) is 0. The lowest BCUT2D eigenvalue weighted by molar-refractivity contribution is -0.140. The van der Waals surface area contributed by atoms with E-state index in [4.69, 9.17) is 0 Å². The topological polar surface area (TPSA) is 57.7 Å². The maximum atomic E-state index is 13.0. The van der Waals surface area contributed by atoms with Crippen molar-refractivity contribution >= 4 is 17.6 Å². The average Bonchev–Trinajstić information content (AvgIpc) is 3.12. The smallest absolute Gasteiger partial charge is 0.226 e. The number of hydrogen-bond acceptors (Lipinski definition) is 3. The number of hydrogen-bond donors (Lipinski definition) is 0. The van der Waals surface area contributed by atoms with Gasteiger partial charge in [-0.15, -0.1) is 0 Å². The number of carbonyl (C=O) groups excluding carboxylic acids is 3. The lowest BCUT2D eigenvalue weighted by Crippen LogP contribution is -2.47. The predicted molar refractivity (Wildman–Crippen MR) is 100.0 cm³/mol. The Labute approximate surface area is 155 Å². The van der Waals surface area contributed by atoms with Crippen LogP contribution in [0.3, 0.4) is 0 Å². The first kappa shape index (κ1) is 18.6. The van der Waals surface area contributed by atoms with E-state index in [2.05, 4.69) is 0 Å². The van der Waals surface area contributed by atoms with Gasteiger partial charge in [-0.2, -0.15) is 0 Å². The number of benzene rings is 1. The summed E-state index contributed by atoms with van der Waals surface area (Å²) in [5.41, 5.74) is 2.96. The van der Waals surface area contributed by atoms with Gasteiger partial charge < -0.3 is 9.80 Å². The lowest BCUT2D eigenvalue weighted by atomic mass is 9.93. The van der Waals surface area contributed by atoms with Gasteiger partial charge in [0.25, 0.3) is 0 Å². The normalized spacial score (nSPS) is 21.1. The van der Waals surface area contributed by atoms with E-state index in [9.17, 15) is 14.4 Å². The second kappa shape index (κ2) is 7.60. The standard InChI is InChI=1S/C21H28N2O3/c1-14-6-7-18(13-15(14)2)20(25)19-5-4-10-23(19)21(26)17-8-11-22(12-9-17)16(3)24/h6-7,13,17,19H,4-5,8-12H2,1-3H3. The van der Waals surface area contributed by atoms with Crippen molar-refractivity contribution in [3.05, 3.63) is 34.9 Å². The number of ketones is 1. The Bertz CT molecular complexity index is 720. The number of likely N-dealkylation sites (tertiary alicyclic amines) is 2. The van der Waals surface area contributed by atoms with E-state index in [1.807, 2.05) is 32.0 Å². The molecule has 2 fully saturated rings. The van der Waals surface area contributed by atoms with Gasteiger partial charge in [-0.05, 0) is 56.7 Å². The Hall–Kier alpha value is -2.17. The van der Waals surface area contributed by atoms with Gasteiger partial charge in [-0.1, -0.05) is 12.1 Å². The quantitative estimate of drug-likeness (QED) is 0.783. The molecule has 0 spiro atoms. The third kappa shape index (κ3) is 3.67. The molecule has 0 aliphatic carbocycles. The van der Waals surface area contributed by atoms with Crippen molar-refractivity contribution < 1.29 is 14.4 Å². The number of nitrogens with zero attached hydrogens (tertiary/aromatic N) is 2. The Kier molecular flexibility index (Phi) is 5.44. The first-order chi connectivity index (χ1) is 12.4. The van der Waals surface area contributed by atoms with Crippen LogP contribution in [0.25, 0.3) is 0 Å². The molecule has 5 heteroatoms. The molecule has 1 aromatic carbocycles. The first-order valence-corrected chi connectivity index (χ1v) is 9.56. The van der Waals surface area contributed by atoms with Gasteiger partial charge in [0.2, 0.25) is 11.8 Å². The second-order valence-corrected chi connectivity index (χ2v) is 7.63. The van der Waals surface area contributed by atoms with Crippen LogP contribution in [0, 0.1) is 19.8 Å². The SMILES string of the molecule is CC(=O)N1CCC(C(=O)N2CCCC2C(=O)c2ccc(C)c(C)c2)CC1. The molecule has 2 saturated heterocycles. The highest BCUT2D eigenvalue weighted by Crippen LogP contribution is 2.27. The molecule has 0 radical (unpaired) electrons. The van der Waals surface area contributed by atoms with Crippen LogP contribution in [0.15, 0.2) is 18.2 Å². The molecular weight excluding hydrogens is 328 g/mol. The summed E-state index contributed by atoms with van der Waals surface area (Å²) in [6.07, 6.45) is 3.00. The maximum Gasteiger partial charge on any atom is 0.226 e. The Morgan fingerprint density at radius 1 is 0.962 bits per heavy atom. The molecule has 1 aromatic rings. The van der Waals surface area contributed by atoms with Crippen LogP contribution in [-0.2, 0) is 9.59 Å². The van der Waals surface area contributed by atoms with Gasteiger partial charge in [-0.25, -0.2) is 0 Å². The highest BCUT2D eigenvalue weighted by atomic mass is 16.2. The molecule has 0 saturated carbocycles. The molecule has 0 N–H and O–H groups in total. The summed E-state index contributed by atoms with van der Waals surface area (Å²) >= 11 is 0. The fraction of sp³-hybridized carbons (Fsp3) is 0.571. The number of amides is 2. The number of rotatable bonds is 3. The van der Waals surface area contributed by atoms with Crippen LogP contribution in [0.4, 0.5) is 0 Å². The number of carbonyl (C=O) groups is 3. The molecule has 26 heavy (non-hydrogen) atoms. The van der Waals surface area contributed by atoms with Crippen molar-refractivity contribution in [1.29, 1.82) is 0 Å². The zero-order valence-corrected chi connectivity index (χ0v) is 16.0. The zero-order chi connectivity index (χ0) is 18.8. The van der Waals surface area contributed by atoms with Crippen molar-refractivity contribution in [1.82, 2.24) is 9.80 Å².